The third-order valence-electron chi connectivity index (χ3n) is 4.67. The van der Waals surface area contributed by atoms with Gasteiger partial charge < -0.3 is 18.9 Å². The maximum Gasteiger partial charge on any atom is 0.252 e. The number of hydrogen-bond donors (Lipinski definition) is 0. The number of ether oxygens (including phenoxy) is 2. The van der Waals surface area contributed by atoms with Crippen LogP contribution in [0.1, 0.15) is 43.8 Å². The molecule has 128 valence electrons. The summed E-state index contributed by atoms with van der Waals surface area (Å²) in [4.78, 5) is 18.4. The van der Waals surface area contributed by atoms with Crippen molar-refractivity contribution >= 4 is 5.91 Å². The number of likely N-dealkylation sites (tertiary alicyclic amines) is 1. The van der Waals surface area contributed by atoms with Gasteiger partial charge >= 0.3 is 0 Å². The lowest BCUT2D eigenvalue weighted by atomic mass is 9.84. The maximum absolute atomic E-state index is 12.2. The van der Waals surface area contributed by atoms with E-state index >= 15 is 0 Å². The summed E-state index contributed by atoms with van der Waals surface area (Å²) in [7, 11) is 1.59. The predicted molar refractivity (Wildman–Crippen MR) is 81.6 cm³/mol. The van der Waals surface area contributed by atoms with Gasteiger partial charge in [-0.05, 0) is 25.7 Å². The number of carbonyl (C=O) groups excluding carboxylic acids is 1. The number of nitrogens with zero attached hydrogens (tertiary/aromatic N) is 3. The normalized spacial score (nSPS) is 19.8. The fourth-order valence-corrected chi connectivity index (χ4v) is 3.05. The van der Waals surface area contributed by atoms with Gasteiger partial charge in [0.25, 0.3) is 5.89 Å². The molecule has 1 saturated heterocycles. The lowest BCUT2D eigenvalue weighted by molar-refractivity contribution is -0.140. The molecule has 2 aliphatic rings. The first-order valence-electron chi connectivity index (χ1n) is 8.47. The minimum Gasteiger partial charge on any atom is -0.378 e. The molecule has 0 unspecified atom stereocenters. The van der Waals surface area contributed by atoms with Crippen LogP contribution in [0.2, 0.25) is 0 Å². The fourth-order valence-electron chi connectivity index (χ4n) is 3.05. The lowest BCUT2D eigenvalue weighted by Gasteiger charge is -2.36. The molecule has 1 aromatic rings. The van der Waals surface area contributed by atoms with E-state index in [1.807, 2.05) is 4.90 Å². The highest BCUT2D eigenvalue weighted by atomic mass is 16.5. The van der Waals surface area contributed by atoms with E-state index in [4.69, 9.17) is 14.0 Å². The summed E-state index contributed by atoms with van der Waals surface area (Å²) in [5.74, 6) is 1.79. The summed E-state index contributed by atoms with van der Waals surface area (Å²) in [5, 5.41) is 3.89. The smallest absolute Gasteiger partial charge is 0.252 e. The first-order valence-corrected chi connectivity index (χ1v) is 8.47. The molecule has 0 atom stereocenters. The van der Waals surface area contributed by atoms with E-state index in [0.717, 1.165) is 38.8 Å². The molecule has 23 heavy (non-hydrogen) atoms. The highest BCUT2D eigenvalue weighted by Gasteiger charge is 2.31. The van der Waals surface area contributed by atoms with Crippen molar-refractivity contribution in [2.45, 2.75) is 51.2 Å². The van der Waals surface area contributed by atoms with Gasteiger partial charge in [0.15, 0.2) is 5.82 Å². The first kappa shape index (κ1) is 16.4. The average molecular weight is 323 g/mol. The van der Waals surface area contributed by atoms with Crippen molar-refractivity contribution in [1.29, 1.82) is 0 Å². The van der Waals surface area contributed by atoms with Crippen molar-refractivity contribution in [2.75, 3.05) is 26.8 Å². The minimum atomic E-state index is 0.228. The monoisotopic (exact) mass is 323 g/mol. The second-order valence-corrected chi connectivity index (χ2v) is 6.31. The van der Waals surface area contributed by atoms with Crippen LogP contribution in [-0.2, 0) is 27.3 Å². The number of aromatic nitrogens is 2. The van der Waals surface area contributed by atoms with E-state index < -0.39 is 0 Å². The minimum absolute atomic E-state index is 0.228. The molecule has 0 spiro atoms. The Morgan fingerprint density at radius 2 is 2.09 bits per heavy atom. The number of piperidine rings is 1. The molecule has 7 heteroatoms. The third kappa shape index (κ3) is 4.29. The Bertz CT molecular complexity index is 507. The van der Waals surface area contributed by atoms with Crippen molar-refractivity contribution in [3.8, 4) is 0 Å². The molecule has 2 heterocycles. The van der Waals surface area contributed by atoms with Crippen molar-refractivity contribution < 1.29 is 18.8 Å². The van der Waals surface area contributed by atoms with E-state index in [9.17, 15) is 4.79 Å². The summed E-state index contributed by atoms with van der Waals surface area (Å²) < 4.78 is 15.9. The molecule has 7 nitrogen and oxygen atoms in total. The second kappa shape index (κ2) is 7.88. The van der Waals surface area contributed by atoms with E-state index in [1.165, 1.54) is 6.42 Å². The van der Waals surface area contributed by atoms with Gasteiger partial charge in [-0.15, -0.1) is 0 Å². The molecular formula is C16H25N3O4. The number of amides is 1. The molecule has 1 aliphatic heterocycles. The number of hydrogen-bond acceptors (Lipinski definition) is 6. The molecule has 3 rings (SSSR count). The second-order valence-electron chi connectivity index (χ2n) is 6.31. The molecule has 0 radical (unpaired) electrons. The van der Waals surface area contributed by atoms with Crippen molar-refractivity contribution in [2.24, 2.45) is 5.92 Å². The van der Waals surface area contributed by atoms with Crippen molar-refractivity contribution in [3.05, 3.63) is 11.7 Å². The molecule has 1 aliphatic carbocycles. The maximum atomic E-state index is 12.2. The van der Waals surface area contributed by atoms with Crippen LogP contribution in [0.3, 0.4) is 0 Å². The van der Waals surface area contributed by atoms with Crippen molar-refractivity contribution in [1.82, 2.24) is 15.0 Å². The van der Waals surface area contributed by atoms with Crippen molar-refractivity contribution in [3.63, 3.8) is 0 Å². The zero-order chi connectivity index (χ0) is 16.1. The summed E-state index contributed by atoms with van der Waals surface area (Å²) >= 11 is 0. The predicted octanol–water partition coefficient (Wildman–Crippen LogP) is 1.57. The Morgan fingerprint density at radius 1 is 1.30 bits per heavy atom. The summed E-state index contributed by atoms with van der Waals surface area (Å²) in [6, 6.07) is 0. The summed E-state index contributed by atoms with van der Waals surface area (Å²) in [5.41, 5.74) is 0. The molecule has 2 fully saturated rings. The van der Waals surface area contributed by atoms with Gasteiger partial charge in [0.1, 0.15) is 6.61 Å². The Hall–Kier alpha value is -1.47. The number of rotatable bonds is 7. The molecule has 0 aromatic carbocycles. The van der Waals surface area contributed by atoms with Crippen LogP contribution in [-0.4, -0.2) is 53.9 Å². The summed E-state index contributed by atoms with van der Waals surface area (Å²) in [6.07, 6.45) is 6.05. The number of methoxy groups -OCH3 is 1. The van der Waals surface area contributed by atoms with Crippen LogP contribution in [0.25, 0.3) is 0 Å². The van der Waals surface area contributed by atoms with Crippen LogP contribution in [0.5, 0.6) is 0 Å². The standard InChI is InChI=1S/C16H25N3O4/c1-21-11-15-17-14(18-23-15)7-10-22-13-5-8-19(9-6-13)16(20)12-3-2-4-12/h12-13H,2-11H2,1H3. The van der Waals surface area contributed by atoms with E-state index in [2.05, 4.69) is 10.1 Å². The van der Waals surface area contributed by atoms with E-state index in [0.29, 0.717) is 43.2 Å². The first-order chi connectivity index (χ1) is 11.3. The number of carbonyl (C=O) groups is 1. The molecular weight excluding hydrogens is 298 g/mol. The van der Waals surface area contributed by atoms with E-state index in [-0.39, 0.29) is 6.10 Å². The Kier molecular flexibility index (Phi) is 5.61. The van der Waals surface area contributed by atoms with Gasteiger partial charge in [-0.25, -0.2) is 0 Å². The van der Waals surface area contributed by atoms with Gasteiger partial charge in [0, 0.05) is 32.5 Å². The molecule has 1 amide bonds. The lowest BCUT2D eigenvalue weighted by Crippen LogP contribution is -2.45. The molecule has 1 saturated carbocycles. The molecule has 0 bridgehead atoms. The fraction of sp³-hybridized carbons (Fsp3) is 0.812. The van der Waals surface area contributed by atoms with Gasteiger partial charge in [0.2, 0.25) is 5.91 Å². The van der Waals surface area contributed by atoms with Crippen LogP contribution < -0.4 is 0 Å². The van der Waals surface area contributed by atoms with Gasteiger partial charge in [-0.1, -0.05) is 11.6 Å². The molecule has 1 aromatic heterocycles. The average Bonchev–Trinajstić information content (AvgIpc) is 2.94. The highest BCUT2D eigenvalue weighted by Crippen LogP contribution is 2.29. The Labute approximate surface area is 136 Å². The zero-order valence-corrected chi connectivity index (χ0v) is 13.7. The highest BCUT2D eigenvalue weighted by molar-refractivity contribution is 5.79. The third-order valence-corrected chi connectivity index (χ3v) is 4.67. The van der Waals surface area contributed by atoms with E-state index in [1.54, 1.807) is 7.11 Å². The topological polar surface area (TPSA) is 77.7 Å². The van der Waals surface area contributed by atoms with Gasteiger partial charge in [0.05, 0.1) is 12.7 Å². The van der Waals surface area contributed by atoms with Gasteiger partial charge in [-0.2, -0.15) is 4.98 Å². The molecule has 0 N–H and O–H groups in total. The largest absolute Gasteiger partial charge is 0.378 e. The Morgan fingerprint density at radius 3 is 2.74 bits per heavy atom. The van der Waals surface area contributed by atoms with Crippen LogP contribution in [0.4, 0.5) is 0 Å². The SMILES string of the molecule is COCc1nc(CCOC2CCN(C(=O)C3CCC3)CC2)no1. The zero-order valence-electron chi connectivity index (χ0n) is 13.7. The Balaban J connectivity index is 1.33. The van der Waals surface area contributed by atoms with Crippen LogP contribution >= 0.6 is 0 Å². The quantitative estimate of drug-likeness (QED) is 0.758. The van der Waals surface area contributed by atoms with Crippen LogP contribution in [0.15, 0.2) is 4.52 Å². The summed E-state index contributed by atoms with van der Waals surface area (Å²) in [6.45, 7) is 2.55. The van der Waals surface area contributed by atoms with Crippen LogP contribution in [0, 0.1) is 5.92 Å². The van der Waals surface area contributed by atoms with Gasteiger partial charge in [-0.3, -0.25) is 4.79 Å².